The van der Waals surface area contributed by atoms with Gasteiger partial charge in [-0.05, 0) is 53.1 Å². The largest absolute Gasteiger partial charge is 0.444 e. The molecule has 7 nitrogen and oxygen atoms in total. The molecule has 146 valence electrons. The fraction of sp³-hybridized carbons (Fsp3) is 0.882. The van der Waals surface area contributed by atoms with Gasteiger partial charge in [0.05, 0.1) is 6.04 Å². The fourth-order valence-corrected chi connectivity index (χ4v) is 3.31. The minimum absolute atomic E-state index is 0. The van der Waals surface area contributed by atoms with Crippen LogP contribution in [-0.4, -0.2) is 80.3 Å². The number of rotatable bonds is 3. The van der Waals surface area contributed by atoms with Gasteiger partial charge in [0, 0.05) is 33.2 Å². The van der Waals surface area contributed by atoms with Gasteiger partial charge in [0.25, 0.3) is 0 Å². The van der Waals surface area contributed by atoms with Crippen LogP contribution in [0.5, 0.6) is 0 Å². The number of nitrogens with zero attached hydrogens (tertiary/aromatic N) is 3. The van der Waals surface area contributed by atoms with Crippen LogP contribution in [0.15, 0.2) is 4.99 Å². The second-order valence-electron chi connectivity index (χ2n) is 7.92. The van der Waals surface area contributed by atoms with Gasteiger partial charge in [0.15, 0.2) is 5.96 Å². The van der Waals surface area contributed by atoms with E-state index in [1.165, 1.54) is 13.0 Å². The first-order valence-corrected chi connectivity index (χ1v) is 8.90. The number of hydrogen-bond acceptors (Lipinski definition) is 4. The maximum absolute atomic E-state index is 11.9. The summed E-state index contributed by atoms with van der Waals surface area (Å²) in [6.45, 7) is 10.6. The zero-order valence-electron chi connectivity index (χ0n) is 16.2. The Labute approximate surface area is 169 Å². The molecule has 2 fully saturated rings. The summed E-state index contributed by atoms with van der Waals surface area (Å²) in [6, 6.07) is 0.107. The van der Waals surface area contributed by atoms with Crippen molar-refractivity contribution in [2.45, 2.75) is 45.3 Å². The Kier molecular flexibility index (Phi) is 8.73. The molecule has 8 heteroatoms. The quantitative estimate of drug-likeness (QED) is 0.376. The van der Waals surface area contributed by atoms with E-state index in [2.05, 4.69) is 32.5 Å². The molecule has 0 aliphatic carbocycles. The maximum atomic E-state index is 11.9. The van der Waals surface area contributed by atoms with Crippen molar-refractivity contribution in [3.05, 3.63) is 0 Å². The molecule has 2 N–H and O–H groups in total. The topological polar surface area (TPSA) is 69.2 Å². The lowest BCUT2D eigenvalue weighted by Crippen LogP contribution is -2.45. The van der Waals surface area contributed by atoms with E-state index in [9.17, 15) is 4.79 Å². The average molecular weight is 467 g/mol. The summed E-state index contributed by atoms with van der Waals surface area (Å²) in [5, 5.41) is 6.45. The lowest BCUT2D eigenvalue weighted by atomic mass is 10.1. The molecule has 2 heterocycles. The molecule has 0 aromatic carbocycles. The Bertz CT molecular complexity index is 466. The number of amides is 1. The summed E-state index contributed by atoms with van der Waals surface area (Å²) >= 11 is 0. The number of likely N-dealkylation sites (tertiary alicyclic amines) is 2. The van der Waals surface area contributed by atoms with Crippen molar-refractivity contribution in [1.82, 2.24) is 20.4 Å². The van der Waals surface area contributed by atoms with E-state index in [-0.39, 0.29) is 36.1 Å². The summed E-state index contributed by atoms with van der Waals surface area (Å²) in [6.07, 6.45) is 1.81. The molecule has 2 unspecified atom stereocenters. The highest BCUT2D eigenvalue weighted by molar-refractivity contribution is 14.0. The number of hydrogen-bond donors (Lipinski definition) is 2. The predicted octanol–water partition coefficient (Wildman–Crippen LogP) is 1.73. The van der Waals surface area contributed by atoms with Crippen LogP contribution in [0.4, 0.5) is 4.79 Å². The van der Waals surface area contributed by atoms with E-state index in [1.54, 1.807) is 0 Å². The maximum Gasteiger partial charge on any atom is 0.407 e. The van der Waals surface area contributed by atoms with Crippen molar-refractivity contribution in [3.8, 4) is 0 Å². The third-order valence-electron chi connectivity index (χ3n) is 4.46. The van der Waals surface area contributed by atoms with E-state index in [0.717, 1.165) is 38.6 Å². The molecule has 0 aromatic rings. The number of carbonyl (C=O) groups is 1. The number of halogens is 1. The number of guanidine groups is 1. The van der Waals surface area contributed by atoms with Gasteiger partial charge in [-0.15, -0.1) is 24.0 Å². The van der Waals surface area contributed by atoms with E-state index in [0.29, 0.717) is 5.92 Å². The van der Waals surface area contributed by atoms with E-state index in [1.807, 2.05) is 27.8 Å². The van der Waals surface area contributed by atoms with Crippen LogP contribution in [0.3, 0.4) is 0 Å². The summed E-state index contributed by atoms with van der Waals surface area (Å²) in [5.74, 6) is 1.61. The SMILES string of the molecule is CN=C(NCC1CCN(C)C1)N1CCC(NC(=O)OC(C)(C)C)C1.I. The Morgan fingerprint density at radius 1 is 1.24 bits per heavy atom. The molecule has 1 amide bonds. The summed E-state index contributed by atoms with van der Waals surface area (Å²) < 4.78 is 5.33. The highest BCUT2D eigenvalue weighted by atomic mass is 127. The first-order chi connectivity index (χ1) is 11.3. The number of aliphatic imine (C=N–C) groups is 1. The summed E-state index contributed by atoms with van der Waals surface area (Å²) in [4.78, 5) is 20.9. The lowest BCUT2D eigenvalue weighted by Gasteiger charge is -2.24. The number of carbonyl (C=O) groups excluding carboxylic acids is 1. The molecule has 0 saturated carbocycles. The predicted molar refractivity (Wildman–Crippen MR) is 112 cm³/mol. The summed E-state index contributed by atoms with van der Waals surface area (Å²) in [7, 11) is 3.99. The molecular formula is C17H34IN5O2. The number of ether oxygens (including phenoxy) is 1. The van der Waals surface area contributed by atoms with Gasteiger partial charge in [0.2, 0.25) is 0 Å². The molecule has 2 aliphatic heterocycles. The Balaban J connectivity index is 0.00000312. The van der Waals surface area contributed by atoms with Crippen LogP contribution in [0.1, 0.15) is 33.6 Å². The Hall–Kier alpha value is -0.770. The van der Waals surface area contributed by atoms with Gasteiger partial charge in [-0.25, -0.2) is 4.79 Å². The molecule has 0 aromatic heterocycles. The monoisotopic (exact) mass is 467 g/mol. The van der Waals surface area contributed by atoms with Crippen LogP contribution in [-0.2, 0) is 4.74 Å². The van der Waals surface area contributed by atoms with Gasteiger partial charge in [-0.1, -0.05) is 0 Å². The number of alkyl carbamates (subject to hydrolysis) is 1. The highest BCUT2D eigenvalue weighted by Crippen LogP contribution is 2.14. The molecule has 2 aliphatic rings. The Morgan fingerprint density at radius 2 is 1.96 bits per heavy atom. The van der Waals surface area contributed by atoms with Crippen molar-refractivity contribution in [2.24, 2.45) is 10.9 Å². The average Bonchev–Trinajstić information content (AvgIpc) is 3.07. The second kappa shape index (κ2) is 9.80. The molecule has 2 atom stereocenters. The standard InChI is InChI=1S/C17H33N5O2.HI/c1-17(2,3)24-16(23)20-14-7-9-22(12-14)15(18-4)19-10-13-6-8-21(5)11-13;/h13-14H,6-12H2,1-5H3,(H,18,19)(H,20,23);1H. The van der Waals surface area contributed by atoms with Crippen LogP contribution in [0, 0.1) is 5.92 Å². The van der Waals surface area contributed by atoms with Gasteiger partial charge in [0.1, 0.15) is 5.60 Å². The normalized spacial score (nSPS) is 24.8. The Morgan fingerprint density at radius 3 is 2.52 bits per heavy atom. The first-order valence-electron chi connectivity index (χ1n) is 8.90. The molecule has 25 heavy (non-hydrogen) atoms. The van der Waals surface area contributed by atoms with Gasteiger partial charge >= 0.3 is 6.09 Å². The van der Waals surface area contributed by atoms with Crippen molar-refractivity contribution in [3.63, 3.8) is 0 Å². The third kappa shape index (κ3) is 7.55. The van der Waals surface area contributed by atoms with Crippen LogP contribution in [0.2, 0.25) is 0 Å². The second-order valence-corrected chi connectivity index (χ2v) is 7.92. The fourth-order valence-electron chi connectivity index (χ4n) is 3.31. The van der Waals surface area contributed by atoms with Crippen LogP contribution in [0.25, 0.3) is 0 Å². The van der Waals surface area contributed by atoms with Crippen LogP contribution >= 0.6 is 24.0 Å². The zero-order valence-corrected chi connectivity index (χ0v) is 18.5. The summed E-state index contributed by atoms with van der Waals surface area (Å²) in [5.41, 5.74) is -0.464. The molecular weight excluding hydrogens is 433 g/mol. The molecule has 2 rings (SSSR count). The van der Waals surface area contributed by atoms with Crippen molar-refractivity contribution >= 4 is 36.0 Å². The van der Waals surface area contributed by atoms with Gasteiger partial charge in [-0.3, -0.25) is 4.99 Å². The minimum Gasteiger partial charge on any atom is -0.444 e. The minimum atomic E-state index is -0.464. The molecule has 0 radical (unpaired) electrons. The molecule has 0 bridgehead atoms. The van der Waals surface area contributed by atoms with E-state index < -0.39 is 5.60 Å². The number of nitrogens with one attached hydrogen (secondary N) is 2. The van der Waals surface area contributed by atoms with Crippen molar-refractivity contribution in [2.75, 3.05) is 46.8 Å². The smallest absolute Gasteiger partial charge is 0.407 e. The van der Waals surface area contributed by atoms with E-state index >= 15 is 0 Å². The zero-order chi connectivity index (χ0) is 17.7. The van der Waals surface area contributed by atoms with Crippen LogP contribution < -0.4 is 10.6 Å². The van der Waals surface area contributed by atoms with Gasteiger partial charge < -0.3 is 25.2 Å². The highest BCUT2D eigenvalue weighted by Gasteiger charge is 2.28. The van der Waals surface area contributed by atoms with Gasteiger partial charge in [-0.2, -0.15) is 0 Å². The molecule has 2 saturated heterocycles. The third-order valence-corrected chi connectivity index (χ3v) is 4.46. The molecule has 0 spiro atoms. The van der Waals surface area contributed by atoms with Crippen molar-refractivity contribution in [1.29, 1.82) is 0 Å². The van der Waals surface area contributed by atoms with E-state index in [4.69, 9.17) is 4.74 Å². The lowest BCUT2D eigenvalue weighted by molar-refractivity contribution is 0.0507. The van der Waals surface area contributed by atoms with Crippen molar-refractivity contribution < 1.29 is 9.53 Å². The first kappa shape index (κ1) is 22.3.